The number of aryl methyl sites for hydroxylation is 3. The molecule has 3 aromatic rings. The van der Waals surface area contributed by atoms with Crippen LogP contribution in [0.5, 0.6) is 0 Å². The number of fused-ring (bicyclic) bond motifs is 2. The monoisotopic (exact) mass is 341 g/mol. The van der Waals surface area contributed by atoms with Crippen molar-refractivity contribution in [2.45, 2.75) is 20.8 Å². The molecule has 25 heavy (non-hydrogen) atoms. The number of hydrogen-bond acceptors (Lipinski definition) is 6. The largest absolute Gasteiger partial charge is 0.460 e. The molecule has 0 aliphatic heterocycles. The van der Waals surface area contributed by atoms with Crippen molar-refractivity contribution in [3.05, 3.63) is 50.8 Å². The van der Waals surface area contributed by atoms with Crippen molar-refractivity contribution in [3.8, 4) is 0 Å². The number of carbonyl (C=O) groups excluding carboxylic acids is 1. The van der Waals surface area contributed by atoms with Crippen molar-refractivity contribution < 1.29 is 18.7 Å². The van der Waals surface area contributed by atoms with E-state index in [1.165, 1.54) is 13.2 Å². The zero-order valence-corrected chi connectivity index (χ0v) is 14.6. The zero-order valence-electron chi connectivity index (χ0n) is 14.6. The standard InChI is InChI=1S/C19H19NO5/c1-10-7-14-16(8-11(10)2)25-18-15(17(14)21)9-13(12(3)20-18)19(22)24-6-5-23-4/h7-9H,5-6H2,1-4H3. The average molecular weight is 341 g/mol. The lowest BCUT2D eigenvalue weighted by Gasteiger charge is -2.09. The smallest absolute Gasteiger partial charge is 0.340 e. The van der Waals surface area contributed by atoms with Crippen molar-refractivity contribution in [3.63, 3.8) is 0 Å². The van der Waals surface area contributed by atoms with Crippen LogP contribution >= 0.6 is 0 Å². The number of ether oxygens (including phenoxy) is 2. The molecule has 0 radical (unpaired) electrons. The predicted octanol–water partition coefficient (Wildman–Crippen LogP) is 3.07. The van der Waals surface area contributed by atoms with Gasteiger partial charge in [0, 0.05) is 7.11 Å². The van der Waals surface area contributed by atoms with Crippen LogP contribution in [0.3, 0.4) is 0 Å². The lowest BCUT2D eigenvalue weighted by molar-refractivity contribution is 0.0387. The fraction of sp³-hybridized carbons (Fsp3) is 0.316. The Hall–Kier alpha value is -2.73. The molecule has 6 nitrogen and oxygen atoms in total. The highest BCUT2D eigenvalue weighted by atomic mass is 16.6. The molecule has 0 atom stereocenters. The van der Waals surface area contributed by atoms with E-state index in [-0.39, 0.29) is 28.7 Å². The maximum atomic E-state index is 12.8. The molecule has 3 rings (SSSR count). The first kappa shape index (κ1) is 17.1. The van der Waals surface area contributed by atoms with Gasteiger partial charge in [0.1, 0.15) is 12.2 Å². The van der Waals surface area contributed by atoms with Gasteiger partial charge < -0.3 is 13.9 Å². The van der Waals surface area contributed by atoms with E-state index >= 15 is 0 Å². The summed E-state index contributed by atoms with van der Waals surface area (Å²) in [6.45, 7) is 6.01. The van der Waals surface area contributed by atoms with Gasteiger partial charge in [-0.05, 0) is 50.1 Å². The summed E-state index contributed by atoms with van der Waals surface area (Å²) in [6, 6.07) is 5.12. The third kappa shape index (κ3) is 3.13. The maximum Gasteiger partial charge on any atom is 0.340 e. The third-order valence-electron chi connectivity index (χ3n) is 4.21. The Morgan fingerprint density at radius 2 is 1.80 bits per heavy atom. The fourth-order valence-corrected chi connectivity index (χ4v) is 2.63. The molecule has 1 aromatic carbocycles. The van der Waals surface area contributed by atoms with Gasteiger partial charge in [-0.2, -0.15) is 0 Å². The number of aromatic nitrogens is 1. The molecule has 2 heterocycles. The van der Waals surface area contributed by atoms with Crippen LogP contribution in [0.4, 0.5) is 0 Å². The van der Waals surface area contributed by atoms with Crippen molar-refractivity contribution in [2.24, 2.45) is 0 Å². The van der Waals surface area contributed by atoms with Gasteiger partial charge in [-0.25, -0.2) is 9.78 Å². The molecule has 0 spiro atoms. The van der Waals surface area contributed by atoms with Gasteiger partial charge in [0.15, 0.2) is 0 Å². The van der Waals surface area contributed by atoms with Gasteiger partial charge in [-0.3, -0.25) is 4.79 Å². The van der Waals surface area contributed by atoms with Gasteiger partial charge >= 0.3 is 5.97 Å². The molecule has 0 saturated heterocycles. The summed E-state index contributed by atoms with van der Waals surface area (Å²) in [7, 11) is 1.52. The number of benzene rings is 1. The van der Waals surface area contributed by atoms with E-state index in [4.69, 9.17) is 13.9 Å². The Balaban J connectivity index is 2.17. The van der Waals surface area contributed by atoms with Crippen molar-refractivity contribution in [2.75, 3.05) is 20.3 Å². The number of methoxy groups -OCH3 is 1. The highest BCUT2D eigenvalue weighted by Crippen LogP contribution is 2.22. The molecule has 0 bridgehead atoms. The lowest BCUT2D eigenvalue weighted by Crippen LogP contribution is -2.13. The minimum atomic E-state index is -0.538. The molecular weight excluding hydrogens is 322 g/mol. The number of nitrogens with zero attached hydrogens (tertiary/aromatic N) is 1. The quantitative estimate of drug-likeness (QED) is 0.412. The number of carbonyl (C=O) groups is 1. The van der Waals surface area contributed by atoms with Crippen molar-refractivity contribution in [1.82, 2.24) is 4.98 Å². The first-order chi connectivity index (χ1) is 11.9. The van der Waals surface area contributed by atoms with Crippen LogP contribution in [-0.4, -0.2) is 31.3 Å². The van der Waals surface area contributed by atoms with Crippen LogP contribution in [0.25, 0.3) is 22.1 Å². The van der Waals surface area contributed by atoms with Gasteiger partial charge in [0.05, 0.1) is 28.6 Å². The normalized spacial score (nSPS) is 11.2. The molecule has 0 saturated carbocycles. The second-order valence-corrected chi connectivity index (χ2v) is 5.97. The maximum absolute atomic E-state index is 12.8. The van der Waals surface area contributed by atoms with E-state index < -0.39 is 5.97 Å². The van der Waals surface area contributed by atoms with E-state index in [0.29, 0.717) is 23.3 Å². The van der Waals surface area contributed by atoms with Crippen LogP contribution in [-0.2, 0) is 9.47 Å². The first-order valence-corrected chi connectivity index (χ1v) is 7.94. The van der Waals surface area contributed by atoms with Crippen LogP contribution in [0.2, 0.25) is 0 Å². The van der Waals surface area contributed by atoms with Gasteiger partial charge in [0.2, 0.25) is 11.1 Å². The van der Waals surface area contributed by atoms with E-state index in [0.717, 1.165) is 11.1 Å². The molecule has 0 amide bonds. The SMILES string of the molecule is COCCOC(=O)c1cc2c(=O)c3cc(C)c(C)cc3oc2nc1C. The predicted molar refractivity (Wildman–Crippen MR) is 94.2 cm³/mol. The Bertz CT molecular complexity index is 1040. The molecule has 2 aromatic heterocycles. The van der Waals surface area contributed by atoms with E-state index in [2.05, 4.69) is 4.98 Å². The zero-order chi connectivity index (χ0) is 18.1. The molecule has 0 aliphatic rings. The molecule has 0 fully saturated rings. The minimum Gasteiger partial charge on any atom is -0.460 e. The second kappa shape index (κ2) is 6.64. The topological polar surface area (TPSA) is 78.6 Å². The van der Waals surface area contributed by atoms with E-state index in [1.807, 2.05) is 19.9 Å². The second-order valence-electron chi connectivity index (χ2n) is 5.97. The summed E-state index contributed by atoms with van der Waals surface area (Å²) in [6.07, 6.45) is 0. The summed E-state index contributed by atoms with van der Waals surface area (Å²) in [5.74, 6) is -0.538. The van der Waals surface area contributed by atoms with Crippen molar-refractivity contribution >= 4 is 28.0 Å². The van der Waals surface area contributed by atoms with Gasteiger partial charge in [-0.15, -0.1) is 0 Å². The van der Waals surface area contributed by atoms with Crippen LogP contribution in [0.1, 0.15) is 27.2 Å². The Morgan fingerprint density at radius 3 is 2.52 bits per heavy atom. The van der Waals surface area contributed by atoms with Crippen LogP contribution in [0.15, 0.2) is 27.4 Å². The number of esters is 1. The van der Waals surface area contributed by atoms with E-state index in [1.54, 1.807) is 13.0 Å². The van der Waals surface area contributed by atoms with Crippen LogP contribution in [0, 0.1) is 20.8 Å². The highest BCUT2D eigenvalue weighted by molar-refractivity contribution is 5.96. The molecular formula is C19H19NO5. The minimum absolute atomic E-state index is 0.137. The number of rotatable bonds is 4. The Morgan fingerprint density at radius 1 is 1.08 bits per heavy atom. The summed E-state index contributed by atoms with van der Waals surface area (Å²) in [4.78, 5) is 29.3. The summed E-state index contributed by atoms with van der Waals surface area (Å²) in [5, 5.41) is 0.736. The van der Waals surface area contributed by atoms with E-state index in [9.17, 15) is 9.59 Å². The number of pyridine rings is 1. The highest BCUT2D eigenvalue weighted by Gasteiger charge is 2.17. The Labute approximate surface area is 144 Å². The van der Waals surface area contributed by atoms with Gasteiger partial charge in [0.25, 0.3) is 0 Å². The summed E-state index contributed by atoms with van der Waals surface area (Å²) in [5.41, 5.74) is 3.22. The Kier molecular flexibility index (Phi) is 4.55. The average Bonchev–Trinajstić information content (AvgIpc) is 2.57. The van der Waals surface area contributed by atoms with Crippen molar-refractivity contribution in [1.29, 1.82) is 0 Å². The first-order valence-electron chi connectivity index (χ1n) is 7.94. The lowest BCUT2D eigenvalue weighted by atomic mass is 10.1. The number of hydrogen-bond donors (Lipinski definition) is 0. The molecule has 0 N–H and O–H groups in total. The summed E-state index contributed by atoms with van der Waals surface area (Å²) >= 11 is 0. The molecule has 0 unspecified atom stereocenters. The fourth-order valence-electron chi connectivity index (χ4n) is 2.63. The molecule has 130 valence electrons. The van der Waals surface area contributed by atoms with Gasteiger partial charge in [-0.1, -0.05) is 0 Å². The third-order valence-corrected chi connectivity index (χ3v) is 4.21. The summed E-state index contributed by atoms with van der Waals surface area (Å²) < 4.78 is 15.8. The molecule has 6 heteroatoms. The van der Waals surface area contributed by atoms with Crippen LogP contribution < -0.4 is 5.43 Å². The molecule has 0 aliphatic carbocycles.